The number of piperazine rings is 1. The number of nitrogens with zero attached hydrogens (tertiary/aromatic N) is 2. The molecule has 4 rings (SSSR count). The minimum atomic E-state index is -4.39. The normalized spacial score (nSPS) is 27.4. The van der Waals surface area contributed by atoms with E-state index in [0.29, 0.717) is 13.2 Å². The summed E-state index contributed by atoms with van der Waals surface area (Å²) in [6.45, 7) is 2.75. The first kappa shape index (κ1) is 12.7. The van der Waals surface area contributed by atoms with Crippen molar-refractivity contribution in [1.82, 2.24) is 10.3 Å². The molecule has 1 aromatic rings. The lowest BCUT2D eigenvalue weighted by atomic mass is 10.1. The molecule has 2 bridgehead atoms. The Labute approximate surface area is 108 Å². The maximum Gasteiger partial charge on any atom is 0.433 e. The maximum absolute atomic E-state index is 12.5. The van der Waals surface area contributed by atoms with E-state index in [1.54, 1.807) is 0 Å². The van der Waals surface area contributed by atoms with E-state index >= 15 is 0 Å². The van der Waals surface area contributed by atoms with E-state index in [4.69, 9.17) is 4.74 Å². The molecule has 3 aliphatic rings. The molecule has 3 aliphatic heterocycles. The summed E-state index contributed by atoms with van der Waals surface area (Å²) < 4.78 is 42.9. The van der Waals surface area contributed by atoms with Crippen LogP contribution in [0.15, 0.2) is 18.3 Å². The van der Waals surface area contributed by atoms with Gasteiger partial charge < -0.3 is 15.0 Å². The number of anilines is 1. The van der Waals surface area contributed by atoms with Gasteiger partial charge >= 0.3 is 6.18 Å². The monoisotopic (exact) mass is 273 g/mol. The van der Waals surface area contributed by atoms with Crippen molar-refractivity contribution in [2.45, 2.75) is 18.3 Å². The summed E-state index contributed by atoms with van der Waals surface area (Å²) in [6.07, 6.45) is -3.09. The number of rotatable bonds is 1. The van der Waals surface area contributed by atoms with Crippen LogP contribution in [0.2, 0.25) is 0 Å². The Morgan fingerprint density at radius 1 is 1.32 bits per heavy atom. The SMILES string of the molecule is FC(F)(F)c1ccc(N2CC3COCC2CN3)cn1. The van der Waals surface area contributed by atoms with Gasteiger partial charge in [-0.05, 0) is 12.1 Å². The highest BCUT2D eigenvalue weighted by molar-refractivity contribution is 5.47. The van der Waals surface area contributed by atoms with Crippen LogP contribution in [0.3, 0.4) is 0 Å². The highest BCUT2D eigenvalue weighted by atomic mass is 19.4. The van der Waals surface area contributed by atoms with Crippen LogP contribution < -0.4 is 10.2 Å². The van der Waals surface area contributed by atoms with Gasteiger partial charge in [0.05, 0.1) is 31.1 Å². The second-order valence-corrected chi connectivity index (χ2v) is 4.85. The molecule has 2 atom stereocenters. The molecule has 4 nitrogen and oxygen atoms in total. The molecule has 0 aliphatic carbocycles. The van der Waals surface area contributed by atoms with Gasteiger partial charge in [-0.25, -0.2) is 4.98 Å². The Morgan fingerprint density at radius 3 is 2.84 bits per heavy atom. The van der Waals surface area contributed by atoms with Crippen LogP contribution in [0, 0.1) is 0 Å². The lowest BCUT2D eigenvalue weighted by Crippen LogP contribution is -2.56. The van der Waals surface area contributed by atoms with E-state index in [9.17, 15) is 13.2 Å². The van der Waals surface area contributed by atoms with Gasteiger partial charge in [0.25, 0.3) is 0 Å². The first-order chi connectivity index (χ1) is 9.04. The zero-order valence-corrected chi connectivity index (χ0v) is 10.2. The molecule has 0 spiro atoms. The Balaban J connectivity index is 1.82. The summed E-state index contributed by atoms with van der Waals surface area (Å²) in [6, 6.07) is 2.89. The lowest BCUT2D eigenvalue weighted by molar-refractivity contribution is -0.141. The largest absolute Gasteiger partial charge is 0.433 e. The molecule has 3 fully saturated rings. The number of hydrogen-bond acceptors (Lipinski definition) is 4. The van der Waals surface area contributed by atoms with Gasteiger partial charge in [0, 0.05) is 19.1 Å². The molecule has 7 heteroatoms. The molecule has 2 unspecified atom stereocenters. The molecular weight excluding hydrogens is 259 g/mol. The molecule has 19 heavy (non-hydrogen) atoms. The molecule has 4 heterocycles. The number of ether oxygens (including phenoxy) is 1. The summed E-state index contributed by atoms with van der Waals surface area (Å²) in [4.78, 5) is 5.58. The van der Waals surface area contributed by atoms with E-state index in [2.05, 4.69) is 15.2 Å². The smallest absolute Gasteiger partial charge is 0.378 e. The molecule has 0 aromatic carbocycles. The number of halogens is 3. The number of hydrogen-bond donors (Lipinski definition) is 1. The summed E-state index contributed by atoms with van der Waals surface area (Å²) in [5, 5.41) is 3.35. The Bertz CT molecular complexity index is 445. The van der Waals surface area contributed by atoms with E-state index < -0.39 is 11.9 Å². The van der Waals surface area contributed by atoms with Gasteiger partial charge in [0.15, 0.2) is 0 Å². The zero-order chi connectivity index (χ0) is 13.5. The van der Waals surface area contributed by atoms with Crippen molar-refractivity contribution in [3.8, 4) is 0 Å². The summed E-state index contributed by atoms with van der Waals surface area (Å²) >= 11 is 0. The zero-order valence-electron chi connectivity index (χ0n) is 10.2. The molecule has 0 saturated carbocycles. The number of aromatic nitrogens is 1. The molecule has 104 valence electrons. The number of alkyl halides is 3. The van der Waals surface area contributed by atoms with Gasteiger partial charge in [-0.3, -0.25) is 0 Å². The highest BCUT2D eigenvalue weighted by Gasteiger charge is 2.34. The molecule has 3 saturated heterocycles. The lowest BCUT2D eigenvalue weighted by Gasteiger charge is -2.37. The number of pyridine rings is 1. The van der Waals surface area contributed by atoms with Crippen molar-refractivity contribution < 1.29 is 17.9 Å². The van der Waals surface area contributed by atoms with Crippen molar-refractivity contribution in [1.29, 1.82) is 0 Å². The first-order valence-electron chi connectivity index (χ1n) is 6.15. The van der Waals surface area contributed by atoms with E-state index in [1.807, 2.05) is 0 Å². The third-order valence-electron chi connectivity index (χ3n) is 3.50. The van der Waals surface area contributed by atoms with Crippen molar-refractivity contribution in [2.75, 3.05) is 31.2 Å². The predicted octanol–water partition coefficient (Wildman–Crippen LogP) is 1.28. The van der Waals surface area contributed by atoms with E-state index in [0.717, 1.165) is 24.8 Å². The fourth-order valence-corrected chi connectivity index (χ4v) is 2.51. The van der Waals surface area contributed by atoms with Crippen molar-refractivity contribution >= 4 is 5.69 Å². The van der Waals surface area contributed by atoms with Crippen LogP contribution in [0.1, 0.15) is 5.69 Å². The Kier molecular flexibility index (Phi) is 3.10. The standard InChI is InChI=1S/C12H14F3N3O/c13-12(14,15)11-2-1-9(3-17-11)18-5-8-6-19-7-10(18)4-16-8/h1-3,8,10,16H,4-7H2. The second kappa shape index (κ2) is 4.64. The van der Waals surface area contributed by atoms with Crippen molar-refractivity contribution in [3.63, 3.8) is 0 Å². The van der Waals surface area contributed by atoms with Gasteiger partial charge in [0.1, 0.15) is 5.69 Å². The molecular formula is C12H14F3N3O. The Hall–Kier alpha value is -1.34. The Morgan fingerprint density at radius 2 is 2.16 bits per heavy atom. The van der Waals surface area contributed by atoms with Crippen molar-refractivity contribution in [2.24, 2.45) is 0 Å². The van der Waals surface area contributed by atoms with Crippen LogP contribution in [0.4, 0.5) is 18.9 Å². The minimum Gasteiger partial charge on any atom is -0.378 e. The topological polar surface area (TPSA) is 37.4 Å². The molecule has 1 aromatic heterocycles. The van der Waals surface area contributed by atoms with E-state index in [1.165, 1.54) is 12.3 Å². The number of fused-ring (bicyclic) bond motifs is 4. The fourth-order valence-electron chi connectivity index (χ4n) is 2.51. The molecule has 0 radical (unpaired) electrons. The fraction of sp³-hybridized carbons (Fsp3) is 0.583. The summed E-state index contributed by atoms with van der Waals surface area (Å²) in [7, 11) is 0. The first-order valence-corrected chi connectivity index (χ1v) is 6.15. The molecule has 1 N–H and O–H groups in total. The third-order valence-corrected chi connectivity index (χ3v) is 3.50. The third kappa shape index (κ3) is 2.52. The van der Waals surface area contributed by atoms with Crippen molar-refractivity contribution in [3.05, 3.63) is 24.0 Å². The van der Waals surface area contributed by atoms with Gasteiger partial charge in [-0.2, -0.15) is 13.2 Å². The molecule has 0 amide bonds. The van der Waals surface area contributed by atoms with Crippen LogP contribution in [0.5, 0.6) is 0 Å². The average molecular weight is 273 g/mol. The van der Waals surface area contributed by atoms with Crippen LogP contribution in [-0.2, 0) is 10.9 Å². The quantitative estimate of drug-likeness (QED) is 0.836. The van der Waals surface area contributed by atoms with Gasteiger partial charge in [-0.1, -0.05) is 0 Å². The number of nitrogens with one attached hydrogen (secondary N) is 1. The second-order valence-electron chi connectivity index (χ2n) is 4.85. The van der Waals surface area contributed by atoms with Crippen LogP contribution in [-0.4, -0.2) is 43.4 Å². The highest BCUT2D eigenvalue weighted by Crippen LogP contribution is 2.29. The minimum absolute atomic E-state index is 0.150. The van der Waals surface area contributed by atoms with Gasteiger partial charge in [-0.15, -0.1) is 0 Å². The maximum atomic E-state index is 12.5. The van der Waals surface area contributed by atoms with Crippen LogP contribution >= 0.6 is 0 Å². The van der Waals surface area contributed by atoms with Gasteiger partial charge in [0.2, 0.25) is 0 Å². The predicted molar refractivity (Wildman–Crippen MR) is 63.0 cm³/mol. The van der Waals surface area contributed by atoms with Crippen LogP contribution in [0.25, 0.3) is 0 Å². The summed E-state index contributed by atoms with van der Waals surface area (Å²) in [5.41, 5.74) is -0.138. The average Bonchev–Trinajstić information content (AvgIpc) is 2.73. The summed E-state index contributed by atoms with van der Waals surface area (Å²) in [5.74, 6) is 0. The van der Waals surface area contributed by atoms with E-state index in [-0.39, 0.29) is 12.1 Å².